The molecule has 168 valence electrons. The fourth-order valence-corrected chi connectivity index (χ4v) is 3.08. The Bertz CT molecular complexity index is 1080. The van der Waals surface area contributed by atoms with E-state index in [1.165, 1.54) is 27.9 Å². The van der Waals surface area contributed by atoms with Gasteiger partial charge >= 0.3 is 12.1 Å². The average Bonchev–Trinajstić information content (AvgIpc) is 3.14. The molecule has 1 aromatic carbocycles. The second-order valence-electron chi connectivity index (χ2n) is 6.90. The Morgan fingerprint density at radius 2 is 1.84 bits per heavy atom. The number of ether oxygens (including phenoxy) is 1. The Morgan fingerprint density at radius 1 is 1.12 bits per heavy atom. The van der Waals surface area contributed by atoms with E-state index in [4.69, 9.17) is 4.74 Å². The van der Waals surface area contributed by atoms with Crippen LogP contribution in [0.25, 0.3) is 5.82 Å². The topological polar surface area (TPSA) is 77.3 Å². The molecular weight excluding hydrogens is 425 g/mol. The van der Waals surface area contributed by atoms with Crippen molar-refractivity contribution in [2.75, 3.05) is 13.2 Å². The van der Waals surface area contributed by atoms with Gasteiger partial charge in [0.1, 0.15) is 6.54 Å². The number of carbonyl (C=O) groups is 2. The monoisotopic (exact) mass is 446 g/mol. The van der Waals surface area contributed by atoms with Crippen LogP contribution >= 0.6 is 0 Å². The molecule has 0 saturated heterocycles. The third kappa shape index (κ3) is 5.32. The molecule has 32 heavy (non-hydrogen) atoms. The van der Waals surface area contributed by atoms with Crippen LogP contribution in [0.2, 0.25) is 0 Å². The van der Waals surface area contributed by atoms with Crippen LogP contribution in [0, 0.1) is 6.92 Å². The van der Waals surface area contributed by atoms with Crippen molar-refractivity contribution >= 4 is 11.9 Å². The first-order valence-corrected chi connectivity index (χ1v) is 9.77. The Labute approximate surface area is 182 Å². The van der Waals surface area contributed by atoms with Crippen LogP contribution < -0.4 is 0 Å². The average molecular weight is 446 g/mol. The van der Waals surface area contributed by atoms with E-state index in [2.05, 4.69) is 10.1 Å². The molecule has 1 amide bonds. The molecule has 2 aromatic heterocycles. The molecule has 0 radical (unpaired) electrons. The van der Waals surface area contributed by atoms with Crippen LogP contribution in [0.5, 0.6) is 0 Å². The fourth-order valence-electron chi connectivity index (χ4n) is 3.08. The van der Waals surface area contributed by atoms with Gasteiger partial charge in [-0.3, -0.25) is 9.59 Å². The van der Waals surface area contributed by atoms with Crippen molar-refractivity contribution in [3.8, 4) is 5.82 Å². The number of nitrogens with zero attached hydrogens (tertiary/aromatic N) is 4. The van der Waals surface area contributed by atoms with Crippen molar-refractivity contribution in [3.05, 3.63) is 77.2 Å². The molecule has 0 atom stereocenters. The lowest BCUT2D eigenvalue weighted by Crippen LogP contribution is -2.36. The number of esters is 1. The first-order valence-electron chi connectivity index (χ1n) is 9.77. The molecule has 7 nitrogen and oxygen atoms in total. The number of halogens is 3. The normalized spacial score (nSPS) is 11.3. The summed E-state index contributed by atoms with van der Waals surface area (Å²) in [5, 5.41) is 4.22. The van der Waals surface area contributed by atoms with Crippen molar-refractivity contribution in [2.24, 2.45) is 0 Å². The summed E-state index contributed by atoms with van der Waals surface area (Å²) < 4.78 is 45.0. The third-order valence-electron chi connectivity index (χ3n) is 4.67. The summed E-state index contributed by atoms with van der Waals surface area (Å²) in [6.07, 6.45) is -1.50. The molecule has 0 aliphatic heterocycles. The minimum absolute atomic E-state index is 0.0794. The number of carbonyl (C=O) groups excluding carboxylic acids is 2. The lowest BCUT2D eigenvalue weighted by Gasteiger charge is -2.22. The SMILES string of the molecule is CCOC(=O)CN(Cc1ccc(C(F)(F)F)cc1)C(=O)c1cnn(-c2ccccn2)c1C. The van der Waals surface area contributed by atoms with Gasteiger partial charge in [0.05, 0.1) is 29.6 Å². The van der Waals surface area contributed by atoms with E-state index in [1.807, 2.05) is 0 Å². The zero-order chi connectivity index (χ0) is 23.3. The predicted molar refractivity (Wildman–Crippen MR) is 109 cm³/mol. The lowest BCUT2D eigenvalue weighted by molar-refractivity contribution is -0.144. The molecule has 10 heteroatoms. The van der Waals surface area contributed by atoms with Crippen molar-refractivity contribution < 1.29 is 27.5 Å². The smallest absolute Gasteiger partial charge is 0.416 e. The van der Waals surface area contributed by atoms with E-state index in [0.717, 1.165) is 12.1 Å². The molecule has 0 spiro atoms. The highest BCUT2D eigenvalue weighted by atomic mass is 19.4. The predicted octanol–water partition coefficient (Wildman–Crippen LogP) is 3.80. The van der Waals surface area contributed by atoms with Gasteiger partial charge in [-0.1, -0.05) is 18.2 Å². The second kappa shape index (κ2) is 9.63. The van der Waals surface area contributed by atoms with Gasteiger partial charge in [0.25, 0.3) is 5.91 Å². The number of benzene rings is 1. The summed E-state index contributed by atoms with van der Waals surface area (Å²) in [5.74, 6) is -0.608. The van der Waals surface area contributed by atoms with Crippen molar-refractivity contribution in [2.45, 2.75) is 26.6 Å². The van der Waals surface area contributed by atoms with Gasteiger partial charge in [0, 0.05) is 12.7 Å². The molecule has 0 unspecified atom stereocenters. The van der Waals surface area contributed by atoms with E-state index in [0.29, 0.717) is 17.1 Å². The maximum atomic E-state index is 13.2. The molecule has 0 aliphatic carbocycles. The number of rotatable bonds is 7. The summed E-state index contributed by atoms with van der Waals surface area (Å²) in [4.78, 5) is 30.7. The molecule has 2 heterocycles. The fraction of sp³-hybridized carbons (Fsp3) is 0.273. The van der Waals surface area contributed by atoms with Crippen LogP contribution in [-0.2, 0) is 22.3 Å². The van der Waals surface area contributed by atoms with Gasteiger partial charge in [0.15, 0.2) is 5.82 Å². The Hall–Kier alpha value is -3.69. The van der Waals surface area contributed by atoms with Gasteiger partial charge in [-0.2, -0.15) is 18.3 Å². The zero-order valence-electron chi connectivity index (χ0n) is 17.5. The van der Waals surface area contributed by atoms with Crippen molar-refractivity contribution in [1.29, 1.82) is 0 Å². The van der Waals surface area contributed by atoms with E-state index in [9.17, 15) is 22.8 Å². The molecule has 0 fully saturated rings. The standard InChI is InChI=1S/C22H21F3N4O3/c1-3-32-20(30)14-28(13-16-7-9-17(10-8-16)22(23,24)25)21(31)18-12-27-29(15(18)2)19-6-4-5-11-26-19/h4-12H,3,13-14H2,1-2H3. The Morgan fingerprint density at radius 3 is 2.44 bits per heavy atom. The van der Waals surface area contributed by atoms with E-state index < -0.39 is 23.6 Å². The van der Waals surface area contributed by atoms with Gasteiger partial charge in [0.2, 0.25) is 0 Å². The number of hydrogen-bond donors (Lipinski definition) is 0. The number of amides is 1. The largest absolute Gasteiger partial charge is 0.465 e. The number of hydrogen-bond acceptors (Lipinski definition) is 5. The van der Waals surface area contributed by atoms with Gasteiger partial charge in [-0.25, -0.2) is 9.67 Å². The minimum Gasteiger partial charge on any atom is -0.465 e. The summed E-state index contributed by atoms with van der Waals surface area (Å²) in [6.45, 7) is 3.03. The lowest BCUT2D eigenvalue weighted by atomic mass is 10.1. The number of alkyl halides is 3. The second-order valence-corrected chi connectivity index (χ2v) is 6.90. The third-order valence-corrected chi connectivity index (χ3v) is 4.67. The zero-order valence-corrected chi connectivity index (χ0v) is 17.5. The maximum absolute atomic E-state index is 13.2. The molecule has 3 rings (SSSR count). The summed E-state index contributed by atoms with van der Waals surface area (Å²) in [6, 6.07) is 9.69. The van der Waals surface area contributed by atoms with Crippen LogP contribution in [0.3, 0.4) is 0 Å². The molecular formula is C22H21F3N4O3. The van der Waals surface area contributed by atoms with E-state index in [1.54, 1.807) is 38.2 Å². The van der Waals surface area contributed by atoms with Gasteiger partial charge in [-0.05, 0) is 43.7 Å². The van der Waals surface area contributed by atoms with E-state index >= 15 is 0 Å². The summed E-state index contributed by atoms with van der Waals surface area (Å²) in [7, 11) is 0. The van der Waals surface area contributed by atoms with Crippen molar-refractivity contribution in [1.82, 2.24) is 19.7 Å². The molecule has 0 bridgehead atoms. The Balaban J connectivity index is 1.88. The highest BCUT2D eigenvalue weighted by molar-refractivity contribution is 5.96. The van der Waals surface area contributed by atoms with Gasteiger partial charge in [-0.15, -0.1) is 0 Å². The molecule has 3 aromatic rings. The summed E-state index contributed by atoms with van der Waals surface area (Å²) in [5.41, 5.74) is 0.393. The molecule has 0 saturated carbocycles. The Kier molecular flexibility index (Phi) is 6.92. The highest BCUT2D eigenvalue weighted by Crippen LogP contribution is 2.29. The minimum atomic E-state index is -4.46. The number of pyridine rings is 1. The maximum Gasteiger partial charge on any atom is 0.416 e. The van der Waals surface area contributed by atoms with Crippen LogP contribution in [0.4, 0.5) is 13.2 Å². The van der Waals surface area contributed by atoms with Crippen LogP contribution in [-0.4, -0.2) is 44.7 Å². The highest BCUT2D eigenvalue weighted by Gasteiger charge is 2.30. The number of aromatic nitrogens is 3. The van der Waals surface area contributed by atoms with Gasteiger partial charge < -0.3 is 9.64 Å². The molecule has 0 N–H and O–H groups in total. The van der Waals surface area contributed by atoms with Crippen LogP contribution in [0.1, 0.15) is 34.1 Å². The first-order chi connectivity index (χ1) is 15.2. The van der Waals surface area contributed by atoms with Crippen LogP contribution in [0.15, 0.2) is 54.9 Å². The van der Waals surface area contributed by atoms with Crippen molar-refractivity contribution in [3.63, 3.8) is 0 Å². The summed E-state index contributed by atoms with van der Waals surface area (Å²) >= 11 is 0. The first kappa shape index (κ1) is 23.0. The quantitative estimate of drug-likeness (QED) is 0.516. The molecule has 0 aliphatic rings. The van der Waals surface area contributed by atoms with E-state index in [-0.39, 0.29) is 25.3 Å².